The molecule has 0 spiro atoms. The summed E-state index contributed by atoms with van der Waals surface area (Å²) >= 11 is 0. The van der Waals surface area contributed by atoms with Crippen molar-refractivity contribution in [1.29, 1.82) is 0 Å². The van der Waals surface area contributed by atoms with Crippen LogP contribution in [0.5, 0.6) is 0 Å². The molecule has 0 atom stereocenters. The van der Waals surface area contributed by atoms with Crippen molar-refractivity contribution >= 4 is 5.88 Å². The fourth-order valence-electron chi connectivity index (χ4n) is 2.24. The van der Waals surface area contributed by atoms with Crippen molar-refractivity contribution in [3.05, 3.63) is 11.3 Å². The lowest BCUT2D eigenvalue weighted by Gasteiger charge is -2.20. The van der Waals surface area contributed by atoms with Crippen LogP contribution in [0, 0.1) is 12.8 Å². The maximum atomic E-state index is 5.62. The predicted molar refractivity (Wildman–Crippen MR) is 55.9 cm³/mol. The number of nitrogens with two attached hydrogens (primary N) is 1. The second-order valence-corrected chi connectivity index (χ2v) is 4.33. The minimum Gasteiger partial charge on any atom is -0.367 e. The highest BCUT2D eigenvalue weighted by Gasteiger charge is 2.17. The molecular formula is C11H18N2O. The van der Waals surface area contributed by atoms with Crippen molar-refractivity contribution in [2.24, 2.45) is 5.92 Å². The predicted octanol–water partition coefficient (Wildman–Crippen LogP) is 2.69. The van der Waals surface area contributed by atoms with Gasteiger partial charge in [0.05, 0.1) is 5.69 Å². The van der Waals surface area contributed by atoms with Gasteiger partial charge in [0, 0.05) is 5.56 Å². The molecule has 2 rings (SSSR count). The van der Waals surface area contributed by atoms with Gasteiger partial charge in [-0.2, -0.15) is 0 Å². The van der Waals surface area contributed by atoms with E-state index < -0.39 is 0 Å². The molecule has 0 bridgehead atoms. The first kappa shape index (κ1) is 9.56. The third-order valence-corrected chi connectivity index (χ3v) is 3.26. The molecule has 0 unspecified atom stereocenters. The van der Waals surface area contributed by atoms with Gasteiger partial charge < -0.3 is 10.3 Å². The summed E-state index contributed by atoms with van der Waals surface area (Å²) in [4.78, 5) is 0. The van der Waals surface area contributed by atoms with Crippen LogP contribution in [0.1, 0.15) is 43.4 Å². The molecule has 0 aromatic carbocycles. The quantitative estimate of drug-likeness (QED) is 0.787. The van der Waals surface area contributed by atoms with Crippen LogP contribution in [-0.2, 0) is 6.42 Å². The molecule has 1 heterocycles. The fraction of sp³-hybridized carbons (Fsp3) is 0.727. The third kappa shape index (κ3) is 1.91. The Balaban J connectivity index is 1.99. The van der Waals surface area contributed by atoms with Crippen LogP contribution in [0.25, 0.3) is 0 Å². The minimum atomic E-state index is 0.482. The lowest BCUT2D eigenvalue weighted by atomic mass is 9.85. The van der Waals surface area contributed by atoms with Crippen molar-refractivity contribution in [2.75, 3.05) is 5.73 Å². The topological polar surface area (TPSA) is 52.0 Å². The second-order valence-electron chi connectivity index (χ2n) is 4.33. The van der Waals surface area contributed by atoms with Crippen molar-refractivity contribution in [2.45, 2.75) is 45.4 Å². The zero-order valence-corrected chi connectivity index (χ0v) is 8.75. The fourth-order valence-corrected chi connectivity index (χ4v) is 2.24. The van der Waals surface area contributed by atoms with Crippen LogP contribution < -0.4 is 5.73 Å². The Morgan fingerprint density at radius 2 is 2.07 bits per heavy atom. The first-order chi connectivity index (χ1) is 6.77. The number of hydrogen-bond acceptors (Lipinski definition) is 3. The van der Waals surface area contributed by atoms with Gasteiger partial charge in [0.2, 0.25) is 5.88 Å². The Kier molecular flexibility index (Phi) is 2.75. The van der Waals surface area contributed by atoms with Gasteiger partial charge in [-0.25, -0.2) is 0 Å². The molecule has 0 amide bonds. The van der Waals surface area contributed by atoms with E-state index in [2.05, 4.69) is 5.16 Å². The number of rotatable bonds is 2. The molecule has 1 saturated carbocycles. The molecule has 0 saturated heterocycles. The summed E-state index contributed by atoms with van der Waals surface area (Å²) in [6.45, 7) is 1.99. The SMILES string of the molecule is Cc1c(CC2CCCCC2)noc1N. The van der Waals surface area contributed by atoms with Crippen LogP contribution in [-0.4, -0.2) is 5.16 Å². The molecule has 0 aliphatic heterocycles. The number of nitrogen functional groups attached to an aromatic ring is 1. The maximum Gasteiger partial charge on any atom is 0.225 e. The first-order valence-electron chi connectivity index (χ1n) is 5.48. The molecule has 1 aromatic heterocycles. The number of hydrogen-bond donors (Lipinski definition) is 1. The van der Waals surface area contributed by atoms with E-state index in [1.165, 1.54) is 32.1 Å². The van der Waals surface area contributed by atoms with Crippen molar-refractivity contribution < 1.29 is 4.52 Å². The van der Waals surface area contributed by atoms with E-state index >= 15 is 0 Å². The number of nitrogens with zero attached hydrogens (tertiary/aromatic N) is 1. The van der Waals surface area contributed by atoms with Gasteiger partial charge in [-0.1, -0.05) is 37.3 Å². The molecule has 1 fully saturated rings. The van der Waals surface area contributed by atoms with Gasteiger partial charge in [-0.15, -0.1) is 0 Å². The Morgan fingerprint density at radius 3 is 2.64 bits per heavy atom. The molecule has 3 heteroatoms. The average Bonchev–Trinajstić information content (AvgIpc) is 2.52. The lowest BCUT2D eigenvalue weighted by Crippen LogP contribution is -2.10. The van der Waals surface area contributed by atoms with Gasteiger partial charge in [-0.05, 0) is 19.3 Å². The maximum absolute atomic E-state index is 5.62. The Labute approximate surface area is 84.7 Å². The summed E-state index contributed by atoms with van der Waals surface area (Å²) in [5.74, 6) is 1.28. The molecule has 0 radical (unpaired) electrons. The van der Waals surface area contributed by atoms with E-state index in [-0.39, 0.29) is 0 Å². The van der Waals surface area contributed by atoms with Gasteiger partial charge in [0.15, 0.2) is 0 Å². The molecule has 14 heavy (non-hydrogen) atoms. The number of aromatic nitrogens is 1. The van der Waals surface area contributed by atoms with Crippen LogP contribution in [0.2, 0.25) is 0 Å². The van der Waals surface area contributed by atoms with Gasteiger partial charge in [-0.3, -0.25) is 0 Å². The molecule has 78 valence electrons. The zero-order chi connectivity index (χ0) is 9.97. The van der Waals surface area contributed by atoms with Gasteiger partial charge in [0.1, 0.15) is 0 Å². The summed E-state index contributed by atoms with van der Waals surface area (Å²) in [5, 5.41) is 4.01. The zero-order valence-electron chi connectivity index (χ0n) is 8.75. The van der Waals surface area contributed by atoms with E-state index in [4.69, 9.17) is 10.3 Å². The van der Waals surface area contributed by atoms with Crippen LogP contribution >= 0.6 is 0 Å². The summed E-state index contributed by atoms with van der Waals surface area (Å²) in [7, 11) is 0. The summed E-state index contributed by atoms with van der Waals surface area (Å²) in [5.41, 5.74) is 7.72. The largest absolute Gasteiger partial charge is 0.367 e. The lowest BCUT2D eigenvalue weighted by molar-refractivity contribution is 0.344. The van der Waals surface area contributed by atoms with Crippen molar-refractivity contribution in [3.63, 3.8) is 0 Å². The third-order valence-electron chi connectivity index (χ3n) is 3.26. The van der Waals surface area contributed by atoms with Crippen molar-refractivity contribution in [3.8, 4) is 0 Å². The molecule has 3 nitrogen and oxygen atoms in total. The van der Waals surface area contributed by atoms with E-state index in [9.17, 15) is 0 Å². The van der Waals surface area contributed by atoms with Gasteiger partial charge in [0.25, 0.3) is 0 Å². The second kappa shape index (κ2) is 4.03. The Hall–Kier alpha value is -0.990. The Morgan fingerprint density at radius 1 is 1.36 bits per heavy atom. The Bertz CT molecular complexity index is 300. The van der Waals surface area contributed by atoms with Crippen molar-refractivity contribution in [1.82, 2.24) is 5.16 Å². The molecule has 1 aliphatic carbocycles. The van der Waals surface area contributed by atoms with Crippen LogP contribution in [0.3, 0.4) is 0 Å². The molecule has 2 N–H and O–H groups in total. The number of anilines is 1. The van der Waals surface area contributed by atoms with Crippen LogP contribution in [0.15, 0.2) is 4.52 Å². The van der Waals surface area contributed by atoms with E-state index in [1.54, 1.807) is 0 Å². The molecule has 1 aliphatic rings. The highest BCUT2D eigenvalue weighted by molar-refractivity contribution is 5.37. The standard InChI is InChI=1S/C11H18N2O/c1-8-10(13-14-11(8)12)7-9-5-3-2-4-6-9/h9H,2-7,12H2,1H3. The molecular weight excluding hydrogens is 176 g/mol. The van der Waals surface area contributed by atoms with E-state index in [1.807, 2.05) is 6.92 Å². The summed E-state index contributed by atoms with van der Waals surface area (Å²) in [6, 6.07) is 0. The van der Waals surface area contributed by atoms with E-state index in [0.717, 1.165) is 23.6 Å². The first-order valence-corrected chi connectivity index (χ1v) is 5.48. The summed E-state index contributed by atoms with van der Waals surface area (Å²) < 4.78 is 4.96. The average molecular weight is 194 g/mol. The molecule has 1 aromatic rings. The van der Waals surface area contributed by atoms with Crippen LogP contribution in [0.4, 0.5) is 5.88 Å². The van der Waals surface area contributed by atoms with Gasteiger partial charge >= 0.3 is 0 Å². The monoisotopic (exact) mass is 194 g/mol. The minimum absolute atomic E-state index is 0.482. The normalized spacial score (nSPS) is 18.6. The van der Waals surface area contributed by atoms with E-state index in [0.29, 0.717) is 5.88 Å². The summed E-state index contributed by atoms with van der Waals surface area (Å²) in [6.07, 6.45) is 7.87. The smallest absolute Gasteiger partial charge is 0.225 e. The highest BCUT2D eigenvalue weighted by Crippen LogP contribution is 2.28. The highest BCUT2D eigenvalue weighted by atomic mass is 16.5.